The van der Waals surface area contributed by atoms with E-state index in [0.717, 1.165) is 43.7 Å². The lowest BCUT2D eigenvalue weighted by Gasteiger charge is -2.22. The van der Waals surface area contributed by atoms with Crippen molar-refractivity contribution in [2.45, 2.75) is 52.2 Å². The summed E-state index contributed by atoms with van der Waals surface area (Å²) in [6.45, 7) is 5.13. The lowest BCUT2D eigenvalue weighted by atomic mass is 10.1. The van der Waals surface area contributed by atoms with Crippen molar-refractivity contribution >= 4 is 28.8 Å². The summed E-state index contributed by atoms with van der Waals surface area (Å²) in [5.41, 5.74) is 4.84. The van der Waals surface area contributed by atoms with Gasteiger partial charge in [0.15, 0.2) is 12.1 Å². The smallest absolute Gasteiger partial charge is 0.161 e. The van der Waals surface area contributed by atoms with Crippen molar-refractivity contribution in [3.8, 4) is 0 Å². The topological polar surface area (TPSA) is 47.6 Å². The van der Waals surface area contributed by atoms with Gasteiger partial charge in [-0.3, -0.25) is 4.79 Å². The van der Waals surface area contributed by atoms with Crippen LogP contribution < -0.4 is 5.32 Å². The van der Waals surface area contributed by atoms with Crippen molar-refractivity contribution in [2.75, 3.05) is 18.5 Å². The molecule has 0 radical (unpaired) electrons. The van der Waals surface area contributed by atoms with Crippen molar-refractivity contribution in [2.24, 2.45) is 0 Å². The zero-order chi connectivity index (χ0) is 19.9. The number of Topliss-reactive ketones (excluding diaryl/α,β-unsaturated/α-hetero) is 1. The van der Waals surface area contributed by atoms with Crippen LogP contribution in [0.1, 0.15) is 54.1 Å². The molecule has 1 fully saturated rings. The molecule has 2 aromatic carbocycles. The third-order valence-electron chi connectivity index (χ3n) is 4.82. The van der Waals surface area contributed by atoms with E-state index >= 15 is 0 Å². The molecule has 1 heterocycles. The number of benzene rings is 2. The maximum atomic E-state index is 11.7. The average molecular weight is 402 g/mol. The fourth-order valence-electron chi connectivity index (χ4n) is 3.45. The number of halogens is 1. The molecular formula is C23H28ClNO3. The first-order chi connectivity index (χ1) is 13.5. The molecular weight excluding hydrogens is 374 g/mol. The van der Waals surface area contributed by atoms with Crippen LogP contribution in [0.15, 0.2) is 36.4 Å². The SMILES string of the molecule is CC(=O)c1cc(Nc2cc(C)cc(CCCOC3CCCCO3)c2)ccc1Cl. The lowest BCUT2D eigenvalue weighted by molar-refractivity contribution is -0.162. The van der Waals surface area contributed by atoms with Crippen LogP contribution in [-0.2, 0) is 15.9 Å². The molecule has 0 bridgehead atoms. The number of ether oxygens (including phenoxy) is 2. The highest BCUT2D eigenvalue weighted by molar-refractivity contribution is 6.34. The summed E-state index contributed by atoms with van der Waals surface area (Å²) in [6, 6.07) is 11.9. The first-order valence-electron chi connectivity index (χ1n) is 9.92. The Morgan fingerprint density at radius 2 is 2.07 bits per heavy atom. The van der Waals surface area contributed by atoms with Gasteiger partial charge in [-0.25, -0.2) is 0 Å². The molecule has 1 N–H and O–H groups in total. The molecule has 28 heavy (non-hydrogen) atoms. The van der Waals surface area contributed by atoms with Gasteiger partial charge in [0.05, 0.1) is 11.6 Å². The van der Waals surface area contributed by atoms with Crippen molar-refractivity contribution in [3.63, 3.8) is 0 Å². The number of nitrogens with one attached hydrogen (secondary N) is 1. The number of carbonyl (C=O) groups is 1. The minimum atomic E-state index is -0.0412. The van der Waals surface area contributed by atoms with E-state index in [4.69, 9.17) is 21.1 Å². The standard InChI is InChI=1S/C23H28ClNO3/c1-16-12-18(6-5-11-28-23-7-3-4-10-27-23)14-20(13-16)25-19-8-9-22(24)21(15-19)17(2)26/h8-9,12-15,23,25H,3-7,10-11H2,1-2H3. The van der Waals surface area contributed by atoms with Gasteiger partial charge in [-0.05, 0) is 87.4 Å². The van der Waals surface area contributed by atoms with E-state index in [2.05, 4.69) is 30.4 Å². The summed E-state index contributed by atoms with van der Waals surface area (Å²) >= 11 is 6.10. The number of rotatable bonds is 8. The van der Waals surface area contributed by atoms with Crippen LogP contribution in [0.3, 0.4) is 0 Å². The highest BCUT2D eigenvalue weighted by Crippen LogP contribution is 2.25. The van der Waals surface area contributed by atoms with E-state index in [-0.39, 0.29) is 12.1 Å². The second kappa shape index (κ2) is 10.1. The van der Waals surface area contributed by atoms with Gasteiger partial charge in [0, 0.05) is 23.5 Å². The van der Waals surface area contributed by atoms with Crippen LogP contribution in [-0.4, -0.2) is 25.3 Å². The molecule has 1 atom stereocenters. The molecule has 0 saturated carbocycles. The van der Waals surface area contributed by atoms with Gasteiger partial charge in [-0.1, -0.05) is 17.7 Å². The minimum Gasteiger partial charge on any atom is -0.355 e. The van der Waals surface area contributed by atoms with Crippen LogP contribution in [0, 0.1) is 6.92 Å². The summed E-state index contributed by atoms with van der Waals surface area (Å²) in [7, 11) is 0. The Hall–Kier alpha value is -1.88. The summed E-state index contributed by atoms with van der Waals surface area (Å²) < 4.78 is 11.4. The van der Waals surface area contributed by atoms with Gasteiger partial charge in [0.2, 0.25) is 0 Å². The maximum Gasteiger partial charge on any atom is 0.161 e. The molecule has 0 aliphatic carbocycles. The fourth-order valence-corrected chi connectivity index (χ4v) is 3.70. The van der Waals surface area contributed by atoms with Crippen LogP contribution >= 0.6 is 11.6 Å². The molecule has 0 spiro atoms. The van der Waals surface area contributed by atoms with Gasteiger partial charge < -0.3 is 14.8 Å². The number of carbonyl (C=O) groups excluding carboxylic acids is 1. The molecule has 4 nitrogen and oxygen atoms in total. The molecule has 0 aromatic heterocycles. The zero-order valence-electron chi connectivity index (χ0n) is 16.6. The zero-order valence-corrected chi connectivity index (χ0v) is 17.3. The third kappa shape index (κ3) is 6.06. The Bertz CT molecular complexity index is 815. The van der Waals surface area contributed by atoms with Crippen LogP contribution in [0.25, 0.3) is 0 Å². The van der Waals surface area contributed by atoms with Gasteiger partial charge in [-0.15, -0.1) is 0 Å². The maximum absolute atomic E-state index is 11.7. The Morgan fingerprint density at radius 1 is 1.21 bits per heavy atom. The largest absolute Gasteiger partial charge is 0.355 e. The predicted molar refractivity (Wildman–Crippen MR) is 114 cm³/mol. The average Bonchev–Trinajstić information content (AvgIpc) is 2.67. The Kier molecular flexibility index (Phi) is 7.49. The van der Waals surface area contributed by atoms with Gasteiger partial charge in [0.25, 0.3) is 0 Å². The van der Waals surface area contributed by atoms with E-state index in [1.807, 2.05) is 6.07 Å². The molecule has 1 aliphatic heterocycles. The Balaban J connectivity index is 1.58. The van der Waals surface area contributed by atoms with Crippen molar-refractivity contribution in [3.05, 3.63) is 58.1 Å². The fraction of sp³-hybridized carbons (Fsp3) is 0.435. The number of anilines is 2. The second-order valence-electron chi connectivity index (χ2n) is 7.35. The van der Waals surface area contributed by atoms with Crippen molar-refractivity contribution in [1.29, 1.82) is 0 Å². The highest BCUT2D eigenvalue weighted by Gasteiger charge is 2.13. The van der Waals surface area contributed by atoms with E-state index in [1.165, 1.54) is 24.5 Å². The second-order valence-corrected chi connectivity index (χ2v) is 7.76. The summed E-state index contributed by atoms with van der Waals surface area (Å²) in [5.74, 6) is -0.0412. The normalized spacial score (nSPS) is 16.8. The molecule has 1 aliphatic rings. The Morgan fingerprint density at radius 3 is 2.82 bits per heavy atom. The highest BCUT2D eigenvalue weighted by atomic mass is 35.5. The van der Waals surface area contributed by atoms with E-state index in [0.29, 0.717) is 17.2 Å². The van der Waals surface area contributed by atoms with Gasteiger partial charge in [0.1, 0.15) is 0 Å². The monoisotopic (exact) mass is 401 g/mol. The Labute approximate surface area is 172 Å². The molecule has 0 amide bonds. The van der Waals surface area contributed by atoms with Crippen LogP contribution in [0.5, 0.6) is 0 Å². The summed E-state index contributed by atoms with van der Waals surface area (Å²) in [4.78, 5) is 11.7. The number of hydrogen-bond donors (Lipinski definition) is 1. The van der Waals surface area contributed by atoms with E-state index in [9.17, 15) is 4.79 Å². The minimum absolute atomic E-state index is 0.0242. The quantitative estimate of drug-likeness (QED) is 0.430. The molecule has 1 unspecified atom stereocenters. The van der Waals surface area contributed by atoms with Crippen LogP contribution in [0.4, 0.5) is 11.4 Å². The van der Waals surface area contributed by atoms with E-state index < -0.39 is 0 Å². The molecule has 3 rings (SSSR count). The molecule has 2 aromatic rings. The summed E-state index contributed by atoms with van der Waals surface area (Å²) in [6.07, 6.45) is 5.21. The molecule has 1 saturated heterocycles. The van der Waals surface area contributed by atoms with Crippen molar-refractivity contribution in [1.82, 2.24) is 0 Å². The summed E-state index contributed by atoms with van der Waals surface area (Å²) in [5, 5.41) is 3.86. The third-order valence-corrected chi connectivity index (χ3v) is 5.15. The number of ketones is 1. The number of hydrogen-bond acceptors (Lipinski definition) is 4. The first-order valence-corrected chi connectivity index (χ1v) is 10.3. The van der Waals surface area contributed by atoms with Gasteiger partial charge >= 0.3 is 0 Å². The lowest BCUT2D eigenvalue weighted by Crippen LogP contribution is -2.22. The van der Waals surface area contributed by atoms with Crippen LogP contribution in [0.2, 0.25) is 5.02 Å². The molecule has 150 valence electrons. The predicted octanol–water partition coefficient (Wildman–Crippen LogP) is 6.07. The van der Waals surface area contributed by atoms with E-state index in [1.54, 1.807) is 12.1 Å². The molecule has 5 heteroatoms. The van der Waals surface area contributed by atoms with Gasteiger partial charge in [-0.2, -0.15) is 0 Å². The van der Waals surface area contributed by atoms with Crippen molar-refractivity contribution < 1.29 is 14.3 Å². The number of aryl methyl sites for hydroxylation is 2. The first kappa shape index (κ1) is 20.8.